The van der Waals surface area contributed by atoms with Crippen molar-refractivity contribution >= 4 is 104 Å². The van der Waals surface area contributed by atoms with Gasteiger partial charge in [-0.3, -0.25) is 0 Å². The molecule has 3 nitrogen and oxygen atoms in total. The highest BCUT2D eigenvalue weighted by Gasteiger charge is 2.19. The van der Waals surface area contributed by atoms with Crippen LogP contribution in [0.4, 0.5) is 17.1 Å². The molecule has 4 heteroatoms. The van der Waals surface area contributed by atoms with Crippen LogP contribution in [-0.4, -0.2) is 4.98 Å². The third kappa shape index (κ3) is 4.40. The largest absolute Gasteiger partial charge is 0.456 e. The average molecular weight is 669 g/mol. The molecule has 0 aliphatic rings. The summed E-state index contributed by atoms with van der Waals surface area (Å²) < 4.78 is 7.81. The van der Waals surface area contributed by atoms with Gasteiger partial charge in [0.15, 0.2) is 0 Å². The Morgan fingerprint density at radius 1 is 0.431 bits per heavy atom. The van der Waals surface area contributed by atoms with Crippen LogP contribution in [0, 0.1) is 0 Å². The molecular formula is C47H28N2OS. The highest BCUT2D eigenvalue weighted by molar-refractivity contribution is 7.21. The average Bonchev–Trinajstić information content (AvgIpc) is 3.80. The van der Waals surface area contributed by atoms with Gasteiger partial charge in [0.1, 0.15) is 16.2 Å². The summed E-state index contributed by atoms with van der Waals surface area (Å²) in [6.07, 6.45) is 0. The lowest BCUT2D eigenvalue weighted by Crippen LogP contribution is -2.09. The smallest absolute Gasteiger partial charge is 0.137 e. The Labute approximate surface area is 297 Å². The van der Waals surface area contributed by atoms with Crippen molar-refractivity contribution in [2.45, 2.75) is 0 Å². The van der Waals surface area contributed by atoms with Crippen LogP contribution in [0.1, 0.15) is 0 Å². The van der Waals surface area contributed by atoms with Crippen molar-refractivity contribution in [3.8, 4) is 10.6 Å². The maximum Gasteiger partial charge on any atom is 0.137 e. The zero-order valence-electron chi connectivity index (χ0n) is 27.4. The van der Waals surface area contributed by atoms with Crippen LogP contribution in [0.5, 0.6) is 0 Å². The van der Waals surface area contributed by atoms with E-state index in [4.69, 9.17) is 9.40 Å². The summed E-state index contributed by atoms with van der Waals surface area (Å²) in [5.74, 6) is 0. The number of rotatable bonds is 4. The van der Waals surface area contributed by atoms with Crippen LogP contribution in [0.3, 0.4) is 0 Å². The van der Waals surface area contributed by atoms with Gasteiger partial charge < -0.3 is 9.32 Å². The number of benzene rings is 9. The molecule has 2 aromatic heterocycles. The molecule has 9 aromatic carbocycles. The van der Waals surface area contributed by atoms with Crippen molar-refractivity contribution in [1.29, 1.82) is 0 Å². The van der Waals surface area contributed by atoms with E-state index in [1.165, 1.54) is 47.8 Å². The van der Waals surface area contributed by atoms with Gasteiger partial charge in [-0.1, -0.05) is 115 Å². The van der Waals surface area contributed by atoms with Crippen LogP contribution in [-0.2, 0) is 0 Å². The van der Waals surface area contributed by atoms with Gasteiger partial charge in [0.05, 0.1) is 10.2 Å². The van der Waals surface area contributed by atoms with E-state index in [9.17, 15) is 0 Å². The molecule has 0 unspecified atom stereocenters. The number of thiazole rings is 1. The maximum atomic E-state index is 6.63. The molecule has 2 heterocycles. The van der Waals surface area contributed by atoms with Gasteiger partial charge in [-0.05, 0) is 86.2 Å². The molecule has 0 spiro atoms. The van der Waals surface area contributed by atoms with Crippen LogP contribution in [0.25, 0.3) is 85.8 Å². The van der Waals surface area contributed by atoms with Gasteiger partial charge >= 0.3 is 0 Å². The molecule has 0 bridgehead atoms. The fourth-order valence-corrected chi connectivity index (χ4v) is 8.90. The van der Waals surface area contributed by atoms with E-state index in [-0.39, 0.29) is 0 Å². The number of aromatic nitrogens is 1. The van der Waals surface area contributed by atoms with Crippen LogP contribution in [0.15, 0.2) is 174 Å². The molecule has 11 aromatic rings. The van der Waals surface area contributed by atoms with E-state index >= 15 is 0 Å². The molecule has 0 amide bonds. The van der Waals surface area contributed by atoms with E-state index in [2.05, 4.69) is 175 Å². The minimum atomic E-state index is 0.848. The number of anilines is 3. The lowest BCUT2D eigenvalue weighted by atomic mass is 9.96. The zero-order chi connectivity index (χ0) is 33.5. The quantitative estimate of drug-likeness (QED) is 0.175. The highest BCUT2D eigenvalue weighted by atomic mass is 32.1. The van der Waals surface area contributed by atoms with Gasteiger partial charge in [-0.15, -0.1) is 11.3 Å². The summed E-state index contributed by atoms with van der Waals surface area (Å²) in [7, 11) is 0. The number of hydrogen-bond donors (Lipinski definition) is 0. The van der Waals surface area contributed by atoms with Crippen LogP contribution in [0.2, 0.25) is 0 Å². The third-order valence-corrected chi connectivity index (χ3v) is 11.3. The third-order valence-electron chi connectivity index (χ3n) is 10.3. The first-order valence-corrected chi connectivity index (χ1v) is 18.0. The van der Waals surface area contributed by atoms with E-state index in [1.54, 1.807) is 11.3 Å². The van der Waals surface area contributed by atoms with E-state index in [1.807, 2.05) is 0 Å². The summed E-state index contributed by atoms with van der Waals surface area (Å²) in [5, 5.41) is 13.1. The number of fused-ring (bicyclic) bond motifs is 11. The normalized spacial score (nSPS) is 11.9. The maximum absolute atomic E-state index is 6.63. The summed E-state index contributed by atoms with van der Waals surface area (Å²) >= 11 is 1.74. The van der Waals surface area contributed by atoms with Crippen LogP contribution < -0.4 is 4.90 Å². The van der Waals surface area contributed by atoms with Gasteiger partial charge in [-0.25, -0.2) is 4.98 Å². The highest BCUT2D eigenvalue weighted by Crippen LogP contribution is 2.44. The molecule has 0 atom stereocenters. The number of furan rings is 1. The molecule has 0 aliphatic heterocycles. The summed E-state index contributed by atoms with van der Waals surface area (Å²) in [4.78, 5) is 7.52. The molecule has 0 saturated heterocycles. The van der Waals surface area contributed by atoms with Gasteiger partial charge in [-0.2, -0.15) is 0 Å². The zero-order valence-corrected chi connectivity index (χ0v) is 28.2. The Balaban J connectivity index is 1.06. The Kier molecular flexibility index (Phi) is 6.12. The van der Waals surface area contributed by atoms with Crippen molar-refractivity contribution in [1.82, 2.24) is 4.98 Å². The second-order valence-electron chi connectivity index (χ2n) is 13.1. The summed E-state index contributed by atoms with van der Waals surface area (Å²) in [6, 6.07) is 60.8. The molecule has 0 radical (unpaired) electrons. The molecule has 0 aliphatic carbocycles. The van der Waals surface area contributed by atoms with E-state index in [0.717, 1.165) is 55.1 Å². The predicted octanol–water partition coefficient (Wildman–Crippen LogP) is 13.9. The fraction of sp³-hybridized carbons (Fsp3) is 0. The predicted molar refractivity (Wildman–Crippen MR) is 217 cm³/mol. The molecule has 0 fully saturated rings. The molecule has 11 rings (SSSR count). The minimum Gasteiger partial charge on any atom is -0.456 e. The first-order chi connectivity index (χ1) is 25.3. The number of hydrogen-bond acceptors (Lipinski definition) is 4. The first kappa shape index (κ1) is 28.4. The first-order valence-electron chi connectivity index (χ1n) is 17.2. The Hall–Kier alpha value is -6.49. The van der Waals surface area contributed by atoms with Crippen molar-refractivity contribution in [3.63, 3.8) is 0 Å². The van der Waals surface area contributed by atoms with Gasteiger partial charge in [0.2, 0.25) is 0 Å². The molecular weight excluding hydrogens is 641 g/mol. The SMILES string of the molecule is c1ccc(N(c2ccc3c(ccc4c5ccccc5ccc34)c2)c2ccc3c(c2)oc2cccc(-c4nc5c(ccc6ccccc65)s4)c23)cc1. The molecule has 238 valence electrons. The summed E-state index contributed by atoms with van der Waals surface area (Å²) in [6.45, 7) is 0. The topological polar surface area (TPSA) is 29.3 Å². The van der Waals surface area contributed by atoms with Gasteiger partial charge in [0.25, 0.3) is 0 Å². The molecule has 51 heavy (non-hydrogen) atoms. The van der Waals surface area contributed by atoms with E-state index in [0.29, 0.717) is 0 Å². The summed E-state index contributed by atoms with van der Waals surface area (Å²) in [5.41, 5.74) is 7.07. The minimum absolute atomic E-state index is 0.848. The molecule has 0 saturated carbocycles. The Morgan fingerprint density at radius 3 is 1.92 bits per heavy atom. The van der Waals surface area contributed by atoms with E-state index < -0.39 is 0 Å². The van der Waals surface area contributed by atoms with Crippen LogP contribution >= 0.6 is 11.3 Å². The second kappa shape index (κ2) is 11.0. The molecule has 0 N–H and O–H groups in total. The number of nitrogens with zero attached hydrogens (tertiary/aromatic N) is 2. The van der Waals surface area contributed by atoms with Crippen molar-refractivity contribution in [2.75, 3.05) is 4.90 Å². The van der Waals surface area contributed by atoms with Crippen molar-refractivity contribution in [3.05, 3.63) is 170 Å². The number of para-hydroxylation sites is 1. The Bertz CT molecular complexity index is 3160. The van der Waals surface area contributed by atoms with Crippen molar-refractivity contribution in [2.24, 2.45) is 0 Å². The van der Waals surface area contributed by atoms with Crippen molar-refractivity contribution < 1.29 is 4.42 Å². The second-order valence-corrected chi connectivity index (χ2v) is 14.2. The monoisotopic (exact) mass is 668 g/mol. The Morgan fingerprint density at radius 2 is 1.08 bits per heavy atom. The lowest BCUT2D eigenvalue weighted by molar-refractivity contribution is 0.669. The van der Waals surface area contributed by atoms with Gasteiger partial charge in [0, 0.05) is 44.9 Å². The lowest BCUT2D eigenvalue weighted by Gasteiger charge is -2.26. The standard InChI is InChI=1S/C47H28N2OS/c1-2-11-32(12-3-1)49(33-20-24-36-31(27-33)18-23-38-35-13-6-4-9-29(35)17-22-39(36)38)34-21-25-40-43(28-34)50-42-16-8-15-41(45(40)42)47-48-46-37-14-7-5-10-30(37)19-26-44(46)51-47/h1-28H. The fourth-order valence-electron chi connectivity index (χ4n) is 7.89.